The van der Waals surface area contributed by atoms with Crippen LogP contribution in [0.1, 0.15) is 29.2 Å². The van der Waals surface area contributed by atoms with Crippen LogP contribution in [0.25, 0.3) is 0 Å². The quantitative estimate of drug-likeness (QED) is 0.525. The minimum absolute atomic E-state index is 0.463. The maximum absolute atomic E-state index is 2.69. The topological polar surface area (TPSA) is 6.48 Å². The predicted molar refractivity (Wildman–Crippen MR) is 122 cm³/mol. The zero-order valence-corrected chi connectivity index (χ0v) is 17.3. The molecule has 29 heavy (non-hydrogen) atoms. The van der Waals surface area contributed by atoms with E-state index in [1.807, 2.05) is 0 Å². The van der Waals surface area contributed by atoms with Crippen LogP contribution >= 0.6 is 0 Å². The van der Waals surface area contributed by atoms with Gasteiger partial charge in [0.15, 0.2) is 0 Å². The molecular weight excluding hydrogens is 352 g/mol. The van der Waals surface area contributed by atoms with Gasteiger partial charge in [0.05, 0.1) is 0 Å². The van der Waals surface area contributed by atoms with Crippen molar-refractivity contribution in [2.45, 2.75) is 25.3 Å². The van der Waals surface area contributed by atoms with E-state index in [1.165, 1.54) is 49.2 Å². The second-order valence-corrected chi connectivity index (χ2v) is 8.08. The van der Waals surface area contributed by atoms with Crippen molar-refractivity contribution in [3.8, 4) is 0 Å². The third-order valence-electron chi connectivity index (χ3n) is 6.09. The molecule has 0 unspecified atom stereocenters. The molecule has 0 aliphatic carbocycles. The Morgan fingerprint density at radius 1 is 0.621 bits per heavy atom. The molecule has 1 atom stereocenters. The normalized spacial score (nSPS) is 16.6. The molecule has 3 aromatic rings. The number of rotatable bonds is 8. The fraction of sp³-hybridized carbons (Fsp3) is 0.333. The first-order chi connectivity index (χ1) is 14.4. The van der Waals surface area contributed by atoms with E-state index in [-0.39, 0.29) is 0 Å². The van der Waals surface area contributed by atoms with Crippen LogP contribution in [0.4, 0.5) is 0 Å². The largest absolute Gasteiger partial charge is 0.301 e. The van der Waals surface area contributed by atoms with Gasteiger partial charge in [-0.1, -0.05) is 91.0 Å². The van der Waals surface area contributed by atoms with E-state index in [0.29, 0.717) is 6.04 Å². The van der Waals surface area contributed by atoms with Gasteiger partial charge in [0.1, 0.15) is 0 Å². The van der Waals surface area contributed by atoms with Crippen LogP contribution in [0.15, 0.2) is 91.0 Å². The van der Waals surface area contributed by atoms with Crippen molar-refractivity contribution in [2.24, 2.45) is 0 Å². The molecule has 1 fully saturated rings. The average Bonchev–Trinajstić information content (AvgIpc) is 2.80. The molecule has 150 valence electrons. The number of piperazine rings is 1. The van der Waals surface area contributed by atoms with Gasteiger partial charge in [-0.3, -0.25) is 4.90 Å². The van der Waals surface area contributed by atoms with Gasteiger partial charge in [-0.15, -0.1) is 0 Å². The summed E-state index contributed by atoms with van der Waals surface area (Å²) in [5.41, 5.74) is 4.32. The number of benzene rings is 3. The molecule has 1 aliphatic heterocycles. The van der Waals surface area contributed by atoms with Crippen LogP contribution in [0.2, 0.25) is 0 Å². The van der Waals surface area contributed by atoms with Gasteiger partial charge in [0.25, 0.3) is 0 Å². The molecule has 1 heterocycles. The molecule has 0 bridgehead atoms. The lowest BCUT2D eigenvalue weighted by Gasteiger charge is -2.39. The second kappa shape index (κ2) is 10.4. The van der Waals surface area contributed by atoms with Crippen LogP contribution in [0, 0.1) is 0 Å². The highest BCUT2D eigenvalue weighted by molar-refractivity contribution is 5.24. The summed E-state index contributed by atoms with van der Waals surface area (Å²) in [7, 11) is 0. The van der Waals surface area contributed by atoms with Crippen molar-refractivity contribution in [1.82, 2.24) is 9.80 Å². The highest BCUT2D eigenvalue weighted by atomic mass is 15.3. The Bertz CT molecular complexity index is 824. The Kier molecular flexibility index (Phi) is 7.12. The predicted octanol–water partition coefficient (Wildman–Crippen LogP) is 5.22. The van der Waals surface area contributed by atoms with E-state index < -0.39 is 0 Å². The molecule has 1 saturated heterocycles. The summed E-state index contributed by atoms with van der Waals surface area (Å²) in [5.74, 6) is 0. The summed E-state index contributed by atoms with van der Waals surface area (Å²) in [6.45, 7) is 5.85. The Morgan fingerprint density at radius 2 is 1.17 bits per heavy atom. The third-order valence-corrected chi connectivity index (χ3v) is 6.09. The van der Waals surface area contributed by atoms with Crippen LogP contribution in [0.5, 0.6) is 0 Å². The first-order valence-electron chi connectivity index (χ1n) is 11.0. The fourth-order valence-corrected chi connectivity index (χ4v) is 4.42. The van der Waals surface area contributed by atoms with Gasteiger partial charge in [0, 0.05) is 32.2 Å². The monoisotopic (exact) mass is 384 g/mol. The van der Waals surface area contributed by atoms with E-state index in [4.69, 9.17) is 0 Å². The van der Waals surface area contributed by atoms with Gasteiger partial charge < -0.3 is 4.90 Å². The fourth-order valence-electron chi connectivity index (χ4n) is 4.42. The van der Waals surface area contributed by atoms with E-state index in [1.54, 1.807) is 0 Å². The van der Waals surface area contributed by atoms with Crippen LogP contribution < -0.4 is 0 Å². The standard InChI is InChI=1S/C27H32N2/c1-4-11-24(12-5-1)15-10-18-28-19-21-29(22-20-28)27(26-16-8-3-9-17-26)23-25-13-6-2-7-14-25/h1-9,11-14,16-17,27H,10,15,18-23H2/t27-/m1/s1. The summed E-state index contributed by atoms with van der Waals surface area (Å²) < 4.78 is 0. The van der Waals surface area contributed by atoms with Gasteiger partial charge >= 0.3 is 0 Å². The van der Waals surface area contributed by atoms with Crippen molar-refractivity contribution in [3.05, 3.63) is 108 Å². The van der Waals surface area contributed by atoms with Gasteiger partial charge in [-0.2, -0.15) is 0 Å². The summed E-state index contributed by atoms with van der Waals surface area (Å²) in [6, 6.07) is 33.3. The summed E-state index contributed by atoms with van der Waals surface area (Å²) in [4.78, 5) is 5.33. The third kappa shape index (κ3) is 5.79. The van der Waals surface area contributed by atoms with Gasteiger partial charge in [-0.05, 0) is 42.5 Å². The van der Waals surface area contributed by atoms with Crippen molar-refractivity contribution in [1.29, 1.82) is 0 Å². The highest BCUT2D eigenvalue weighted by Gasteiger charge is 2.25. The van der Waals surface area contributed by atoms with Crippen molar-refractivity contribution in [2.75, 3.05) is 32.7 Å². The molecule has 0 amide bonds. The summed E-state index contributed by atoms with van der Waals surface area (Å²) in [6.07, 6.45) is 3.51. The number of hydrogen-bond donors (Lipinski definition) is 0. The summed E-state index contributed by atoms with van der Waals surface area (Å²) in [5, 5.41) is 0. The van der Waals surface area contributed by atoms with Crippen LogP contribution in [-0.2, 0) is 12.8 Å². The maximum atomic E-state index is 2.69. The van der Waals surface area contributed by atoms with Crippen molar-refractivity contribution < 1.29 is 0 Å². The van der Waals surface area contributed by atoms with Crippen molar-refractivity contribution in [3.63, 3.8) is 0 Å². The zero-order chi connectivity index (χ0) is 19.7. The van der Waals surface area contributed by atoms with E-state index in [9.17, 15) is 0 Å². The second-order valence-electron chi connectivity index (χ2n) is 8.08. The van der Waals surface area contributed by atoms with Crippen LogP contribution in [0.3, 0.4) is 0 Å². The molecular formula is C27H32N2. The molecule has 2 heteroatoms. The molecule has 4 rings (SSSR count). The molecule has 0 N–H and O–H groups in total. The molecule has 0 saturated carbocycles. The lowest BCUT2D eigenvalue weighted by atomic mass is 9.96. The maximum Gasteiger partial charge on any atom is 0.0389 e. The highest BCUT2D eigenvalue weighted by Crippen LogP contribution is 2.26. The lowest BCUT2D eigenvalue weighted by Crippen LogP contribution is -2.48. The Morgan fingerprint density at radius 3 is 1.79 bits per heavy atom. The van der Waals surface area contributed by atoms with Gasteiger partial charge in [-0.25, -0.2) is 0 Å². The molecule has 0 spiro atoms. The SMILES string of the molecule is c1ccc(CCCN2CCN([C@H](Cc3ccccc3)c3ccccc3)CC2)cc1. The molecule has 1 aliphatic rings. The first kappa shape index (κ1) is 19.9. The number of aryl methyl sites for hydroxylation is 1. The average molecular weight is 385 g/mol. The Hall–Kier alpha value is -2.42. The lowest BCUT2D eigenvalue weighted by molar-refractivity contribution is 0.0947. The number of hydrogen-bond acceptors (Lipinski definition) is 2. The van der Waals surface area contributed by atoms with Gasteiger partial charge in [0.2, 0.25) is 0 Å². The van der Waals surface area contributed by atoms with E-state index in [0.717, 1.165) is 19.5 Å². The number of nitrogens with zero attached hydrogens (tertiary/aromatic N) is 2. The van der Waals surface area contributed by atoms with Crippen molar-refractivity contribution >= 4 is 0 Å². The minimum atomic E-state index is 0.463. The molecule has 2 nitrogen and oxygen atoms in total. The van der Waals surface area contributed by atoms with E-state index >= 15 is 0 Å². The summed E-state index contributed by atoms with van der Waals surface area (Å²) >= 11 is 0. The molecule has 3 aromatic carbocycles. The molecule has 0 radical (unpaired) electrons. The Balaban J connectivity index is 1.33. The smallest absolute Gasteiger partial charge is 0.0389 e. The van der Waals surface area contributed by atoms with Crippen LogP contribution in [-0.4, -0.2) is 42.5 Å². The minimum Gasteiger partial charge on any atom is -0.301 e. The zero-order valence-electron chi connectivity index (χ0n) is 17.3. The first-order valence-corrected chi connectivity index (χ1v) is 11.0. The Labute approximate surface area is 175 Å². The van der Waals surface area contributed by atoms with E-state index in [2.05, 4.69) is 101 Å². The molecule has 0 aromatic heterocycles.